The first-order valence-electron chi connectivity index (χ1n) is 5.01. The summed E-state index contributed by atoms with van der Waals surface area (Å²) in [4.78, 5) is 8.02. The van der Waals surface area contributed by atoms with Gasteiger partial charge in [-0.15, -0.1) is 0 Å². The van der Waals surface area contributed by atoms with Gasteiger partial charge in [-0.3, -0.25) is 0 Å². The van der Waals surface area contributed by atoms with E-state index in [2.05, 4.69) is 20.7 Å². The zero-order valence-corrected chi connectivity index (χ0v) is 9.99. The smallest absolute Gasteiger partial charge is 0.145 e. The molecule has 0 amide bonds. The summed E-state index contributed by atoms with van der Waals surface area (Å²) in [5, 5.41) is 3.83. The molecule has 1 aromatic heterocycles. The third kappa shape index (κ3) is 2.83. The minimum atomic E-state index is 0.544. The highest BCUT2D eigenvalue weighted by Gasteiger charge is 2.02. The van der Waals surface area contributed by atoms with Crippen molar-refractivity contribution in [3.63, 3.8) is 0 Å². The van der Waals surface area contributed by atoms with Crippen LogP contribution < -0.4 is 16.6 Å². The van der Waals surface area contributed by atoms with Gasteiger partial charge in [0.2, 0.25) is 0 Å². The van der Waals surface area contributed by atoms with Gasteiger partial charge in [0.15, 0.2) is 0 Å². The van der Waals surface area contributed by atoms with Crippen LogP contribution in [0.4, 0.5) is 17.3 Å². The van der Waals surface area contributed by atoms with Gasteiger partial charge in [-0.25, -0.2) is 15.8 Å². The van der Waals surface area contributed by atoms with Crippen molar-refractivity contribution in [2.75, 3.05) is 10.7 Å². The van der Waals surface area contributed by atoms with Crippen LogP contribution in [0.1, 0.15) is 5.56 Å². The van der Waals surface area contributed by atoms with Gasteiger partial charge >= 0.3 is 0 Å². The highest BCUT2D eigenvalue weighted by atomic mass is 35.5. The topological polar surface area (TPSA) is 75.9 Å². The minimum Gasteiger partial charge on any atom is -0.340 e. The summed E-state index contributed by atoms with van der Waals surface area (Å²) in [6.45, 7) is 1.99. The van der Waals surface area contributed by atoms with Crippen molar-refractivity contribution >= 4 is 28.9 Å². The standard InChI is InChI=1S/C11H12ClN5/c1-7-2-3-8(12)4-9(7)16-10-5-11(17-13)15-6-14-10/h2-6H,13H2,1H3,(H2,14,15,16,17). The number of hydrogen-bond acceptors (Lipinski definition) is 5. The number of benzene rings is 1. The van der Waals surface area contributed by atoms with Gasteiger partial charge in [0.05, 0.1) is 0 Å². The Labute approximate surface area is 104 Å². The molecule has 0 atom stereocenters. The summed E-state index contributed by atoms with van der Waals surface area (Å²) in [7, 11) is 0. The van der Waals surface area contributed by atoms with E-state index < -0.39 is 0 Å². The molecular weight excluding hydrogens is 238 g/mol. The van der Waals surface area contributed by atoms with Crippen molar-refractivity contribution < 1.29 is 0 Å². The van der Waals surface area contributed by atoms with Crippen molar-refractivity contribution in [1.82, 2.24) is 9.97 Å². The third-order valence-electron chi connectivity index (χ3n) is 2.28. The number of aromatic nitrogens is 2. The molecule has 1 aromatic carbocycles. The van der Waals surface area contributed by atoms with Crippen molar-refractivity contribution in [3.8, 4) is 0 Å². The summed E-state index contributed by atoms with van der Waals surface area (Å²) in [5.74, 6) is 6.47. The Morgan fingerprint density at radius 1 is 1.18 bits per heavy atom. The number of hydrazine groups is 1. The van der Waals surface area contributed by atoms with Gasteiger partial charge in [-0.1, -0.05) is 17.7 Å². The molecular formula is C11H12ClN5. The zero-order chi connectivity index (χ0) is 12.3. The van der Waals surface area contributed by atoms with E-state index in [0.29, 0.717) is 16.7 Å². The number of nitrogens with zero attached hydrogens (tertiary/aromatic N) is 2. The Hall–Kier alpha value is -1.85. The number of nitrogens with one attached hydrogen (secondary N) is 2. The molecule has 5 nitrogen and oxygen atoms in total. The molecule has 0 unspecified atom stereocenters. The molecule has 17 heavy (non-hydrogen) atoms. The summed E-state index contributed by atoms with van der Waals surface area (Å²) in [5.41, 5.74) is 4.44. The normalized spacial score (nSPS) is 10.1. The van der Waals surface area contributed by atoms with E-state index in [-0.39, 0.29) is 0 Å². The number of anilines is 3. The maximum absolute atomic E-state index is 5.94. The fourth-order valence-electron chi connectivity index (χ4n) is 1.37. The zero-order valence-electron chi connectivity index (χ0n) is 9.24. The third-order valence-corrected chi connectivity index (χ3v) is 2.51. The lowest BCUT2D eigenvalue weighted by atomic mass is 10.2. The monoisotopic (exact) mass is 249 g/mol. The quantitative estimate of drug-likeness (QED) is 0.576. The van der Waals surface area contributed by atoms with Gasteiger partial charge < -0.3 is 10.7 Å². The fourth-order valence-corrected chi connectivity index (χ4v) is 1.54. The summed E-state index contributed by atoms with van der Waals surface area (Å²) < 4.78 is 0. The van der Waals surface area contributed by atoms with Crippen molar-refractivity contribution in [2.24, 2.45) is 5.84 Å². The number of halogens is 1. The van der Waals surface area contributed by atoms with Crippen molar-refractivity contribution in [1.29, 1.82) is 0 Å². The van der Waals surface area contributed by atoms with Gasteiger partial charge in [0.1, 0.15) is 18.0 Å². The molecule has 2 rings (SSSR count). The molecule has 4 N–H and O–H groups in total. The summed E-state index contributed by atoms with van der Waals surface area (Å²) in [6, 6.07) is 7.33. The van der Waals surface area contributed by atoms with E-state index >= 15 is 0 Å². The number of nitrogen functional groups attached to an aromatic ring is 1. The Bertz CT molecular complexity index is 529. The van der Waals surface area contributed by atoms with E-state index in [1.165, 1.54) is 6.33 Å². The van der Waals surface area contributed by atoms with Crippen LogP contribution in [0.3, 0.4) is 0 Å². The Balaban J connectivity index is 2.27. The van der Waals surface area contributed by atoms with Crippen LogP contribution in [0.15, 0.2) is 30.6 Å². The number of aryl methyl sites for hydroxylation is 1. The highest BCUT2D eigenvalue weighted by Crippen LogP contribution is 2.23. The second-order valence-electron chi connectivity index (χ2n) is 3.52. The minimum absolute atomic E-state index is 0.544. The molecule has 0 saturated carbocycles. The molecule has 6 heteroatoms. The molecule has 0 aliphatic heterocycles. The number of hydrogen-bond donors (Lipinski definition) is 3. The summed E-state index contributed by atoms with van der Waals surface area (Å²) in [6.07, 6.45) is 1.43. The van der Waals surface area contributed by atoms with Crippen LogP contribution >= 0.6 is 11.6 Å². The first-order chi connectivity index (χ1) is 8.19. The molecule has 0 fully saturated rings. The maximum Gasteiger partial charge on any atom is 0.145 e. The van der Waals surface area contributed by atoms with E-state index in [4.69, 9.17) is 17.4 Å². The first kappa shape index (κ1) is 11.6. The van der Waals surface area contributed by atoms with Crippen molar-refractivity contribution in [3.05, 3.63) is 41.2 Å². The average Bonchev–Trinajstić information content (AvgIpc) is 2.34. The van der Waals surface area contributed by atoms with Gasteiger partial charge in [-0.05, 0) is 24.6 Å². The van der Waals surface area contributed by atoms with E-state index in [9.17, 15) is 0 Å². The fraction of sp³-hybridized carbons (Fsp3) is 0.0909. The van der Waals surface area contributed by atoms with Gasteiger partial charge in [-0.2, -0.15) is 0 Å². The van der Waals surface area contributed by atoms with E-state index in [1.54, 1.807) is 6.07 Å². The second kappa shape index (κ2) is 4.99. The lowest BCUT2D eigenvalue weighted by molar-refractivity contribution is 1.14. The Kier molecular flexibility index (Phi) is 3.41. The predicted molar refractivity (Wildman–Crippen MR) is 69.3 cm³/mol. The van der Waals surface area contributed by atoms with Crippen LogP contribution in [-0.4, -0.2) is 9.97 Å². The Morgan fingerprint density at radius 3 is 2.71 bits per heavy atom. The van der Waals surface area contributed by atoms with Crippen LogP contribution in [0.5, 0.6) is 0 Å². The van der Waals surface area contributed by atoms with Gasteiger partial charge in [0, 0.05) is 16.8 Å². The maximum atomic E-state index is 5.94. The molecule has 0 aliphatic rings. The van der Waals surface area contributed by atoms with Crippen LogP contribution in [0.2, 0.25) is 5.02 Å². The molecule has 0 saturated heterocycles. The average molecular weight is 250 g/mol. The van der Waals surface area contributed by atoms with Crippen LogP contribution in [0.25, 0.3) is 0 Å². The van der Waals surface area contributed by atoms with Crippen LogP contribution in [-0.2, 0) is 0 Å². The second-order valence-corrected chi connectivity index (χ2v) is 3.95. The molecule has 2 aromatic rings. The molecule has 0 radical (unpaired) electrons. The predicted octanol–water partition coefficient (Wildman–Crippen LogP) is 2.47. The highest BCUT2D eigenvalue weighted by molar-refractivity contribution is 6.30. The SMILES string of the molecule is Cc1ccc(Cl)cc1Nc1cc(NN)ncn1. The largest absolute Gasteiger partial charge is 0.340 e. The first-order valence-corrected chi connectivity index (χ1v) is 5.38. The van der Waals surface area contributed by atoms with E-state index in [1.807, 2.05) is 25.1 Å². The number of rotatable bonds is 3. The molecule has 0 aliphatic carbocycles. The van der Waals surface area contributed by atoms with E-state index in [0.717, 1.165) is 11.3 Å². The summed E-state index contributed by atoms with van der Waals surface area (Å²) >= 11 is 5.94. The molecule has 0 spiro atoms. The Morgan fingerprint density at radius 2 is 1.94 bits per heavy atom. The van der Waals surface area contributed by atoms with Gasteiger partial charge in [0.25, 0.3) is 0 Å². The molecule has 1 heterocycles. The molecule has 88 valence electrons. The lowest BCUT2D eigenvalue weighted by Crippen LogP contribution is -2.09. The number of nitrogens with two attached hydrogens (primary N) is 1. The van der Waals surface area contributed by atoms with Crippen molar-refractivity contribution in [2.45, 2.75) is 6.92 Å². The lowest BCUT2D eigenvalue weighted by Gasteiger charge is -2.09. The van der Waals surface area contributed by atoms with Crippen LogP contribution in [0, 0.1) is 6.92 Å². The molecule has 0 bridgehead atoms.